The molecule has 11 heavy (non-hydrogen) atoms. The van der Waals surface area contributed by atoms with E-state index >= 15 is 0 Å². The van der Waals surface area contributed by atoms with E-state index in [1.807, 2.05) is 20.2 Å². The lowest BCUT2D eigenvalue weighted by molar-refractivity contribution is -0.928. The van der Waals surface area contributed by atoms with Crippen LogP contribution in [0.15, 0.2) is 12.7 Å². The van der Waals surface area contributed by atoms with Crippen molar-refractivity contribution in [2.24, 2.45) is 0 Å². The summed E-state index contributed by atoms with van der Waals surface area (Å²) < 4.78 is 0.686. The van der Waals surface area contributed by atoms with E-state index in [1.165, 1.54) is 0 Å². The van der Waals surface area contributed by atoms with Gasteiger partial charge < -0.3 is 0 Å². The molecule has 0 atom stereocenters. The molecular formula is C8H16N3+. The van der Waals surface area contributed by atoms with Crippen molar-refractivity contribution in [3.63, 3.8) is 0 Å². The van der Waals surface area contributed by atoms with E-state index in [2.05, 4.69) is 18.1 Å². The summed E-state index contributed by atoms with van der Waals surface area (Å²) in [6.45, 7) is 5.25. The van der Waals surface area contributed by atoms with Gasteiger partial charge in [-0.2, -0.15) is 10.7 Å². The van der Waals surface area contributed by atoms with Gasteiger partial charge in [0.05, 0.1) is 33.1 Å². The van der Waals surface area contributed by atoms with Crippen LogP contribution in [0.2, 0.25) is 0 Å². The van der Waals surface area contributed by atoms with Crippen molar-refractivity contribution in [2.75, 3.05) is 27.2 Å². The van der Waals surface area contributed by atoms with Crippen LogP contribution in [0.3, 0.4) is 0 Å². The summed E-state index contributed by atoms with van der Waals surface area (Å²) >= 11 is 0. The first kappa shape index (κ1) is 10.2. The molecule has 62 valence electrons. The second kappa shape index (κ2) is 4.89. The van der Waals surface area contributed by atoms with Crippen molar-refractivity contribution in [2.45, 2.75) is 6.42 Å². The second-order valence-corrected chi connectivity index (χ2v) is 2.97. The van der Waals surface area contributed by atoms with Crippen LogP contribution in [0.1, 0.15) is 6.42 Å². The molecule has 0 saturated heterocycles. The standard InChI is InChI=1S/C8H16N3/c1-4-8-11(2,3)10-7-5-6-9/h4,10H,1,5,7-8H2,2-3H3/q+1. The fourth-order valence-electron chi connectivity index (χ4n) is 0.802. The molecule has 0 heterocycles. The second-order valence-electron chi connectivity index (χ2n) is 2.97. The maximum Gasteiger partial charge on any atom is 0.114 e. The van der Waals surface area contributed by atoms with Gasteiger partial charge in [-0.25, -0.2) is 4.59 Å². The molecule has 0 aromatic carbocycles. The highest BCUT2D eigenvalue weighted by Crippen LogP contribution is 1.89. The average Bonchev–Trinajstić information content (AvgIpc) is 1.87. The Balaban J connectivity index is 3.55. The Labute approximate surface area is 68.5 Å². The Kier molecular flexibility index (Phi) is 4.51. The summed E-state index contributed by atoms with van der Waals surface area (Å²) in [7, 11) is 4.08. The molecule has 0 amide bonds. The Hall–Kier alpha value is -0.850. The topological polar surface area (TPSA) is 35.8 Å². The molecule has 0 saturated carbocycles. The largest absolute Gasteiger partial charge is 0.247 e. The zero-order valence-electron chi connectivity index (χ0n) is 7.30. The Bertz CT molecular complexity index is 155. The molecule has 0 spiro atoms. The molecule has 3 heteroatoms. The fraction of sp³-hybridized carbons (Fsp3) is 0.625. The van der Waals surface area contributed by atoms with Crippen molar-refractivity contribution in [3.05, 3.63) is 12.7 Å². The van der Waals surface area contributed by atoms with Gasteiger partial charge in [-0.15, -0.1) is 0 Å². The number of hydrogen-bond acceptors (Lipinski definition) is 2. The van der Waals surface area contributed by atoms with Gasteiger partial charge in [0, 0.05) is 0 Å². The summed E-state index contributed by atoms with van der Waals surface area (Å²) in [4.78, 5) is 0. The summed E-state index contributed by atoms with van der Waals surface area (Å²) in [6, 6.07) is 2.08. The lowest BCUT2D eigenvalue weighted by Gasteiger charge is -2.27. The van der Waals surface area contributed by atoms with Crippen LogP contribution >= 0.6 is 0 Å². The molecule has 0 aliphatic rings. The third kappa shape index (κ3) is 5.59. The predicted molar refractivity (Wildman–Crippen MR) is 45.4 cm³/mol. The summed E-state index contributed by atoms with van der Waals surface area (Å²) in [5.41, 5.74) is 3.20. The summed E-state index contributed by atoms with van der Waals surface area (Å²) in [6.07, 6.45) is 2.41. The van der Waals surface area contributed by atoms with Gasteiger partial charge in [0.1, 0.15) is 6.54 Å². The Morgan fingerprint density at radius 2 is 2.27 bits per heavy atom. The fourth-order valence-corrected chi connectivity index (χ4v) is 0.802. The number of hydrogen-bond donors (Lipinski definition) is 1. The number of likely N-dealkylation sites (N-methyl/N-ethyl adjacent to an activating group) is 1. The first-order valence-electron chi connectivity index (χ1n) is 3.68. The minimum atomic E-state index is 0.554. The number of nitriles is 1. The molecule has 0 fully saturated rings. The summed E-state index contributed by atoms with van der Waals surface area (Å²) in [5, 5.41) is 8.28. The van der Waals surface area contributed by atoms with Crippen LogP contribution in [-0.4, -0.2) is 31.8 Å². The van der Waals surface area contributed by atoms with Crippen LogP contribution < -0.4 is 5.43 Å². The van der Waals surface area contributed by atoms with Gasteiger partial charge in [-0.05, 0) is 6.08 Å². The van der Waals surface area contributed by atoms with Crippen molar-refractivity contribution in [1.82, 2.24) is 5.43 Å². The van der Waals surface area contributed by atoms with Crippen molar-refractivity contribution in [1.29, 1.82) is 5.26 Å². The maximum atomic E-state index is 8.28. The van der Waals surface area contributed by atoms with Gasteiger partial charge in [0.25, 0.3) is 0 Å². The number of quaternary nitrogens is 1. The normalized spacial score (nSPS) is 10.6. The van der Waals surface area contributed by atoms with E-state index in [0.717, 1.165) is 13.1 Å². The first-order valence-corrected chi connectivity index (χ1v) is 3.68. The molecule has 1 N–H and O–H groups in total. The van der Waals surface area contributed by atoms with Gasteiger partial charge in [-0.3, -0.25) is 0 Å². The van der Waals surface area contributed by atoms with Crippen LogP contribution in [0, 0.1) is 11.3 Å². The van der Waals surface area contributed by atoms with Crippen LogP contribution in [0.4, 0.5) is 0 Å². The number of nitrogens with one attached hydrogen (secondary N) is 1. The zero-order chi connectivity index (χ0) is 8.74. The van der Waals surface area contributed by atoms with E-state index in [4.69, 9.17) is 5.26 Å². The molecule has 3 nitrogen and oxygen atoms in total. The Morgan fingerprint density at radius 1 is 1.64 bits per heavy atom. The minimum Gasteiger partial charge on any atom is -0.247 e. The maximum absolute atomic E-state index is 8.28. The van der Waals surface area contributed by atoms with Gasteiger partial charge >= 0.3 is 0 Å². The molecule has 0 unspecified atom stereocenters. The van der Waals surface area contributed by atoms with Crippen molar-refractivity contribution in [3.8, 4) is 6.07 Å². The molecule has 0 bridgehead atoms. The molecule has 0 rings (SSSR count). The van der Waals surface area contributed by atoms with Crippen molar-refractivity contribution < 1.29 is 4.59 Å². The van der Waals surface area contributed by atoms with Gasteiger partial charge in [0.2, 0.25) is 0 Å². The molecule has 0 aromatic rings. The highest BCUT2D eigenvalue weighted by Gasteiger charge is 2.10. The third-order valence-corrected chi connectivity index (χ3v) is 1.36. The first-order chi connectivity index (χ1) is 5.12. The molecule has 0 radical (unpaired) electrons. The van der Waals surface area contributed by atoms with E-state index in [1.54, 1.807) is 0 Å². The molecule has 0 aromatic heterocycles. The van der Waals surface area contributed by atoms with E-state index < -0.39 is 0 Å². The number of nitrogens with zero attached hydrogens (tertiary/aromatic N) is 2. The Morgan fingerprint density at radius 3 is 2.73 bits per heavy atom. The van der Waals surface area contributed by atoms with E-state index in [9.17, 15) is 0 Å². The zero-order valence-corrected chi connectivity index (χ0v) is 7.30. The highest BCUT2D eigenvalue weighted by atomic mass is 15.6. The quantitative estimate of drug-likeness (QED) is 0.273. The van der Waals surface area contributed by atoms with E-state index in [0.29, 0.717) is 11.0 Å². The third-order valence-electron chi connectivity index (χ3n) is 1.36. The van der Waals surface area contributed by atoms with Gasteiger partial charge in [-0.1, -0.05) is 6.58 Å². The lowest BCUT2D eigenvalue weighted by atomic mass is 10.5. The highest BCUT2D eigenvalue weighted by molar-refractivity contribution is 4.69. The lowest BCUT2D eigenvalue weighted by Crippen LogP contribution is -2.51. The van der Waals surface area contributed by atoms with E-state index in [-0.39, 0.29) is 0 Å². The SMILES string of the molecule is C=CC[N+](C)(C)NCCC#N. The van der Waals surface area contributed by atoms with Crippen LogP contribution in [0.25, 0.3) is 0 Å². The molecule has 0 aliphatic heterocycles. The predicted octanol–water partition coefficient (Wildman–Crippen LogP) is 0.667. The van der Waals surface area contributed by atoms with Crippen molar-refractivity contribution >= 4 is 0 Å². The van der Waals surface area contributed by atoms with Gasteiger partial charge in [0.15, 0.2) is 0 Å². The van der Waals surface area contributed by atoms with Crippen LogP contribution in [0.5, 0.6) is 0 Å². The smallest absolute Gasteiger partial charge is 0.114 e. The summed E-state index contributed by atoms with van der Waals surface area (Å²) in [5.74, 6) is 0. The monoisotopic (exact) mass is 154 g/mol. The average molecular weight is 154 g/mol. The minimum absolute atomic E-state index is 0.554. The molecule has 0 aliphatic carbocycles. The number of rotatable bonds is 5. The van der Waals surface area contributed by atoms with Crippen LogP contribution in [-0.2, 0) is 0 Å². The molecular weight excluding hydrogens is 138 g/mol.